The topological polar surface area (TPSA) is 82.1 Å². The molecule has 0 radical (unpaired) electrons. The van der Waals surface area contributed by atoms with E-state index in [1.807, 2.05) is 0 Å². The molecular formula is C25H46BrO6P. The minimum absolute atomic E-state index is 0.0650. The van der Waals surface area contributed by atoms with Gasteiger partial charge in [-0.25, -0.2) is 9.36 Å². The van der Waals surface area contributed by atoms with Crippen molar-refractivity contribution in [2.75, 3.05) is 18.5 Å². The van der Waals surface area contributed by atoms with Crippen LogP contribution in [-0.4, -0.2) is 35.0 Å². The first-order valence-electron chi connectivity index (χ1n) is 13.0. The van der Waals surface area contributed by atoms with Crippen LogP contribution >= 0.6 is 23.8 Å². The number of rotatable bonds is 23. The van der Waals surface area contributed by atoms with Gasteiger partial charge in [0.25, 0.3) is 0 Å². The highest BCUT2D eigenvalue weighted by atomic mass is 79.9. The lowest BCUT2D eigenvalue weighted by molar-refractivity contribution is -0.149. The van der Waals surface area contributed by atoms with Crippen LogP contribution in [0.1, 0.15) is 116 Å². The van der Waals surface area contributed by atoms with Gasteiger partial charge in [0, 0.05) is 11.4 Å². The number of halogens is 1. The zero-order valence-corrected chi connectivity index (χ0v) is 23.1. The van der Waals surface area contributed by atoms with Crippen molar-refractivity contribution in [3.8, 4) is 0 Å². The van der Waals surface area contributed by atoms with Gasteiger partial charge in [-0.3, -0.25) is 9.05 Å². The molecule has 0 spiro atoms. The number of alkyl halides is 1. The smallest absolute Gasteiger partial charge is 0.449 e. The number of carbonyl (C=O) groups is 1. The lowest BCUT2D eigenvalue weighted by Gasteiger charge is -2.27. The maximum absolute atomic E-state index is 11.9. The minimum Gasteiger partial charge on any atom is -0.449 e. The van der Waals surface area contributed by atoms with E-state index in [9.17, 15) is 14.3 Å². The summed E-state index contributed by atoms with van der Waals surface area (Å²) in [6, 6.07) is 0. The first-order chi connectivity index (χ1) is 15.9. The van der Waals surface area contributed by atoms with Gasteiger partial charge in [-0.15, -0.1) is 0 Å². The van der Waals surface area contributed by atoms with Gasteiger partial charge in [-0.2, -0.15) is 0 Å². The second-order valence-electron chi connectivity index (χ2n) is 9.14. The molecule has 1 aliphatic rings. The molecule has 1 aliphatic heterocycles. The van der Waals surface area contributed by atoms with Crippen molar-refractivity contribution >= 4 is 29.7 Å². The zero-order valence-electron chi connectivity index (χ0n) is 20.6. The predicted octanol–water partition coefficient (Wildman–Crippen LogP) is 8.02. The molecule has 8 heteroatoms. The lowest BCUT2D eigenvalue weighted by Crippen LogP contribution is -2.34. The highest BCUT2D eigenvalue weighted by Gasteiger charge is 2.38. The Morgan fingerprint density at radius 1 is 0.879 bits per heavy atom. The van der Waals surface area contributed by atoms with Crippen LogP contribution < -0.4 is 0 Å². The Hall–Kier alpha value is -0.200. The molecule has 0 aromatic heterocycles. The molecule has 6 nitrogen and oxygen atoms in total. The molecule has 2 atom stereocenters. The molecular weight excluding hydrogens is 507 g/mol. The van der Waals surface area contributed by atoms with Crippen molar-refractivity contribution in [2.45, 2.75) is 122 Å². The van der Waals surface area contributed by atoms with Crippen molar-refractivity contribution < 1.29 is 28.0 Å². The van der Waals surface area contributed by atoms with Gasteiger partial charge in [0.05, 0.1) is 6.61 Å². The Balaban J connectivity index is 2.04. The molecule has 194 valence electrons. The lowest BCUT2D eigenvalue weighted by atomic mass is 9.96. The van der Waals surface area contributed by atoms with E-state index in [0.717, 1.165) is 19.3 Å². The molecule has 0 aromatic rings. The van der Waals surface area contributed by atoms with E-state index in [-0.39, 0.29) is 13.2 Å². The summed E-state index contributed by atoms with van der Waals surface area (Å²) < 4.78 is 27.2. The molecule has 0 saturated carbocycles. The standard InChI is InChI=1S/C25H46BrO6P/c1-2-3-4-5-6-7-8-9-10-11-12-13-14-15-16-17-19-25(20-18-24(27)32-25)23-31-33(28,29)30-22-21-26/h18,20H,2-17,19,21-23H2,1H3,(H,28,29). The Morgan fingerprint density at radius 3 is 1.79 bits per heavy atom. The summed E-state index contributed by atoms with van der Waals surface area (Å²) in [6.07, 6.45) is 24.3. The fourth-order valence-corrected chi connectivity index (χ4v) is 5.31. The fourth-order valence-electron chi connectivity index (χ4n) is 4.12. The van der Waals surface area contributed by atoms with Crippen LogP contribution in [0.2, 0.25) is 0 Å². The van der Waals surface area contributed by atoms with E-state index in [1.165, 1.54) is 89.5 Å². The molecule has 0 fully saturated rings. The summed E-state index contributed by atoms with van der Waals surface area (Å²) >= 11 is 3.13. The summed E-state index contributed by atoms with van der Waals surface area (Å²) in [5, 5.41) is 0.431. The van der Waals surface area contributed by atoms with Crippen molar-refractivity contribution in [3.05, 3.63) is 12.2 Å². The number of carbonyl (C=O) groups excluding carboxylic acids is 1. The highest BCUT2D eigenvalue weighted by molar-refractivity contribution is 9.09. The summed E-state index contributed by atoms with van der Waals surface area (Å²) in [5.74, 6) is -0.441. The maximum atomic E-state index is 11.9. The van der Waals surface area contributed by atoms with Gasteiger partial charge in [-0.05, 0) is 18.9 Å². The van der Waals surface area contributed by atoms with Crippen LogP contribution in [0.25, 0.3) is 0 Å². The van der Waals surface area contributed by atoms with E-state index < -0.39 is 19.4 Å². The van der Waals surface area contributed by atoms with Crippen LogP contribution in [0.15, 0.2) is 12.2 Å². The average molecular weight is 554 g/mol. The Labute approximate surface area is 210 Å². The number of hydrogen-bond acceptors (Lipinski definition) is 5. The summed E-state index contributed by atoms with van der Waals surface area (Å²) in [6.45, 7) is 2.15. The Kier molecular flexibility index (Phi) is 17.8. The normalized spacial score (nSPS) is 19.7. The molecule has 1 heterocycles. The monoisotopic (exact) mass is 552 g/mol. The number of phosphoric acid groups is 1. The number of phosphoric ester groups is 1. The van der Waals surface area contributed by atoms with Crippen LogP contribution in [0, 0.1) is 0 Å². The van der Waals surface area contributed by atoms with Gasteiger partial charge >= 0.3 is 13.8 Å². The minimum atomic E-state index is -4.16. The number of esters is 1. The van der Waals surface area contributed by atoms with Gasteiger partial charge in [0.1, 0.15) is 6.61 Å². The highest BCUT2D eigenvalue weighted by Crippen LogP contribution is 2.45. The second-order valence-corrected chi connectivity index (χ2v) is 11.4. The molecule has 0 bridgehead atoms. The van der Waals surface area contributed by atoms with Crippen molar-refractivity contribution in [1.82, 2.24) is 0 Å². The Bertz CT molecular complexity index is 585. The van der Waals surface area contributed by atoms with Crippen LogP contribution in [0.5, 0.6) is 0 Å². The molecule has 33 heavy (non-hydrogen) atoms. The van der Waals surface area contributed by atoms with E-state index in [2.05, 4.69) is 22.9 Å². The number of ether oxygens (including phenoxy) is 1. The molecule has 2 unspecified atom stereocenters. The molecule has 0 aliphatic carbocycles. The quantitative estimate of drug-likeness (QED) is 0.0597. The number of unbranched alkanes of at least 4 members (excludes halogenated alkanes) is 15. The largest absolute Gasteiger partial charge is 0.472 e. The van der Waals surface area contributed by atoms with Crippen LogP contribution in [0.3, 0.4) is 0 Å². The summed E-state index contributed by atoms with van der Waals surface area (Å²) in [5.41, 5.74) is -0.969. The van der Waals surface area contributed by atoms with Crippen LogP contribution in [0.4, 0.5) is 0 Å². The van der Waals surface area contributed by atoms with E-state index in [0.29, 0.717) is 11.8 Å². The first kappa shape index (κ1) is 30.8. The van der Waals surface area contributed by atoms with Gasteiger partial charge in [0.2, 0.25) is 0 Å². The maximum Gasteiger partial charge on any atom is 0.472 e. The van der Waals surface area contributed by atoms with E-state index in [4.69, 9.17) is 13.8 Å². The van der Waals surface area contributed by atoms with Gasteiger partial charge in [-0.1, -0.05) is 119 Å². The first-order valence-corrected chi connectivity index (χ1v) is 15.6. The van der Waals surface area contributed by atoms with E-state index >= 15 is 0 Å². The molecule has 0 aromatic carbocycles. The summed E-state index contributed by atoms with van der Waals surface area (Å²) in [4.78, 5) is 21.3. The van der Waals surface area contributed by atoms with Gasteiger partial charge < -0.3 is 9.63 Å². The predicted molar refractivity (Wildman–Crippen MR) is 138 cm³/mol. The third kappa shape index (κ3) is 16.2. The molecule has 0 saturated heterocycles. The third-order valence-corrected chi connectivity index (χ3v) is 7.37. The van der Waals surface area contributed by atoms with Crippen molar-refractivity contribution in [1.29, 1.82) is 0 Å². The van der Waals surface area contributed by atoms with E-state index in [1.54, 1.807) is 6.08 Å². The SMILES string of the molecule is CCCCCCCCCCCCCCCCCCC1(COP(=O)(O)OCCBr)C=CC(=O)O1. The molecule has 1 N–H and O–H groups in total. The fraction of sp³-hybridized carbons (Fsp3) is 0.880. The third-order valence-electron chi connectivity index (χ3n) is 6.08. The van der Waals surface area contributed by atoms with Gasteiger partial charge in [0.15, 0.2) is 5.60 Å². The van der Waals surface area contributed by atoms with Crippen molar-refractivity contribution in [2.24, 2.45) is 0 Å². The average Bonchev–Trinajstić information content (AvgIpc) is 3.17. The number of cyclic esters (lactones) is 1. The number of hydrogen-bond donors (Lipinski definition) is 1. The Morgan fingerprint density at radius 2 is 1.36 bits per heavy atom. The van der Waals surface area contributed by atoms with Crippen LogP contribution in [-0.2, 0) is 23.1 Å². The molecule has 0 amide bonds. The summed E-state index contributed by atoms with van der Waals surface area (Å²) in [7, 11) is -4.16. The van der Waals surface area contributed by atoms with Crippen molar-refractivity contribution in [3.63, 3.8) is 0 Å². The molecule has 1 rings (SSSR count). The second kappa shape index (κ2) is 19.0. The zero-order chi connectivity index (χ0) is 24.3.